The molecule has 2 rings (SSSR count). The SMILES string of the molecule is CCCCc1ccc(C(C)N2CCC(C)=C(C)C2)cc1. The van der Waals surface area contributed by atoms with Gasteiger partial charge in [0.05, 0.1) is 0 Å². The summed E-state index contributed by atoms with van der Waals surface area (Å²) in [4.78, 5) is 2.60. The van der Waals surface area contributed by atoms with Crippen LogP contribution in [0.4, 0.5) is 0 Å². The normalized spacial score (nSPS) is 18.4. The van der Waals surface area contributed by atoms with Crippen molar-refractivity contribution in [2.75, 3.05) is 13.1 Å². The maximum absolute atomic E-state index is 2.60. The molecule has 0 amide bonds. The van der Waals surface area contributed by atoms with E-state index in [-0.39, 0.29) is 0 Å². The van der Waals surface area contributed by atoms with Crippen LogP contribution < -0.4 is 0 Å². The minimum Gasteiger partial charge on any atom is -0.292 e. The maximum Gasteiger partial charge on any atom is 0.0323 e. The summed E-state index contributed by atoms with van der Waals surface area (Å²) in [5.74, 6) is 0. The highest BCUT2D eigenvalue weighted by atomic mass is 15.2. The molecule has 20 heavy (non-hydrogen) atoms. The van der Waals surface area contributed by atoms with E-state index in [1.54, 1.807) is 11.1 Å². The molecule has 0 aromatic heterocycles. The highest BCUT2D eigenvalue weighted by Gasteiger charge is 2.20. The molecule has 0 saturated carbocycles. The molecule has 0 saturated heterocycles. The zero-order valence-corrected chi connectivity index (χ0v) is 13.6. The molecule has 1 heteroatoms. The zero-order chi connectivity index (χ0) is 14.5. The van der Waals surface area contributed by atoms with Gasteiger partial charge in [-0.3, -0.25) is 4.90 Å². The van der Waals surface area contributed by atoms with Gasteiger partial charge in [-0.05, 0) is 51.2 Å². The number of unbranched alkanes of at least 4 members (excludes halogenated alkanes) is 1. The minimum atomic E-state index is 0.526. The Kier molecular flexibility index (Phi) is 5.42. The van der Waals surface area contributed by atoms with Crippen LogP contribution in [0.3, 0.4) is 0 Å². The summed E-state index contributed by atoms with van der Waals surface area (Å²) >= 11 is 0. The zero-order valence-electron chi connectivity index (χ0n) is 13.6. The van der Waals surface area contributed by atoms with E-state index in [1.807, 2.05) is 0 Å². The van der Waals surface area contributed by atoms with E-state index in [4.69, 9.17) is 0 Å². The third kappa shape index (κ3) is 3.73. The van der Waals surface area contributed by atoms with Gasteiger partial charge in [-0.2, -0.15) is 0 Å². The van der Waals surface area contributed by atoms with Crippen molar-refractivity contribution >= 4 is 0 Å². The average molecular weight is 271 g/mol. The Morgan fingerprint density at radius 2 is 1.80 bits per heavy atom. The van der Waals surface area contributed by atoms with Gasteiger partial charge in [0.15, 0.2) is 0 Å². The molecule has 1 aliphatic heterocycles. The first-order chi connectivity index (χ1) is 9.61. The fourth-order valence-electron chi connectivity index (χ4n) is 2.93. The highest BCUT2D eigenvalue weighted by molar-refractivity contribution is 5.26. The Balaban J connectivity index is 2.00. The Morgan fingerprint density at radius 3 is 2.40 bits per heavy atom. The number of hydrogen-bond acceptors (Lipinski definition) is 1. The predicted octanol–water partition coefficient (Wildman–Crippen LogP) is 5.13. The van der Waals surface area contributed by atoms with Crippen LogP contribution in [0.25, 0.3) is 0 Å². The van der Waals surface area contributed by atoms with E-state index in [0.29, 0.717) is 6.04 Å². The molecular weight excluding hydrogens is 242 g/mol. The number of hydrogen-bond donors (Lipinski definition) is 0. The summed E-state index contributed by atoms with van der Waals surface area (Å²) in [5, 5.41) is 0. The van der Waals surface area contributed by atoms with E-state index in [0.717, 1.165) is 6.54 Å². The molecular formula is C19H29N. The molecule has 1 aliphatic rings. The van der Waals surface area contributed by atoms with Gasteiger partial charge in [-0.15, -0.1) is 0 Å². The molecule has 0 N–H and O–H groups in total. The molecule has 1 nitrogen and oxygen atoms in total. The Morgan fingerprint density at radius 1 is 1.10 bits per heavy atom. The second-order valence-corrected chi connectivity index (χ2v) is 6.30. The Bertz CT molecular complexity index is 455. The lowest BCUT2D eigenvalue weighted by molar-refractivity contribution is 0.220. The second kappa shape index (κ2) is 7.08. The van der Waals surface area contributed by atoms with Crippen molar-refractivity contribution in [2.24, 2.45) is 0 Å². The van der Waals surface area contributed by atoms with Gasteiger partial charge in [-0.1, -0.05) is 48.8 Å². The molecule has 0 spiro atoms. The van der Waals surface area contributed by atoms with Crippen molar-refractivity contribution in [3.63, 3.8) is 0 Å². The summed E-state index contributed by atoms with van der Waals surface area (Å²) in [5.41, 5.74) is 6.08. The highest BCUT2D eigenvalue weighted by Crippen LogP contribution is 2.26. The largest absolute Gasteiger partial charge is 0.292 e. The first-order valence-corrected chi connectivity index (χ1v) is 8.10. The molecule has 1 atom stereocenters. The number of nitrogens with zero attached hydrogens (tertiary/aromatic N) is 1. The molecule has 1 unspecified atom stereocenters. The fraction of sp³-hybridized carbons (Fsp3) is 0.579. The van der Waals surface area contributed by atoms with Gasteiger partial charge >= 0.3 is 0 Å². The van der Waals surface area contributed by atoms with Gasteiger partial charge in [0, 0.05) is 19.1 Å². The van der Waals surface area contributed by atoms with Crippen molar-refractivity contribution in [1.82, 2.24) is 4.90 Å². The van der Waals surface area contributed by atoms with Crippen LogP contribution >= 0.6 is 0 Å². The smallest absolute Gasteiger partial charge is 0.0323 e. The molecule has 1 heterocycles. The Labute approximate surface area is 124 Å². The number of rotatable bonds is 5. The van der Waals surface area contributed by atoms with Crippen molar-refractivity contribution < 1.29 is 0 Å². The lowest BCUT2D eigenvalue weighted by Gasteiger charge is -2.34. The van der Waals surface area contributed by atoms with E-state index in [2.05, 4.69) is 56.9 Å². The van der Waals surface area contributed by atoms with Crippen LogP contribution in [0.15, 0.2) is 35.4 Å². The van der Waals surface area contributed by atoms with Gasteiger partial charge in [0.2, 0.25) is 0 Å². The van der Waals surface area contributed by atoms with Crippen LogP contribution in [0.5, 0.6) is 0 Å². The van der Waals surface area contributed by atoms with Gasteiger partial charge in [0.1, 0.15) is 0 Å². The van der Waals surface area contributed by atoms with Crippen LogP contribution in [0, 0.1) is 0 Å². The van der Waals surface area contributed by atoms with E-state index in [1.165, 1.54) is 43.4 Å². The quantitative estimate of drug-likeness (QED) is 0.671. The molecule has 1 aromatic carbocycles. The fourth-order valence-corrected chi connectivity index (χ4v) is 2.93. The van der Waals surface area contributed by atoms with Crippen molar-refractivity contribution in [2.45, 2.75) is 59.4 Å². The van der Waals surface area contributed by atoms with Crippen LogP contribution in [-0.2, 0) is 6.42 Å². The molecule has 110 valence electrons. The summed E-state index contributed by atoms with van der Waals surface area (Å²) < 4.78 is 0. The third-order valence-corrected chi connectivity index (χ3v) is 4.77. The van der Waals surface area contributed by atoms with Gasteiger partial charge < -0.3 is 0 Å². The Hall–Kier alpha value is -1.08. The van der Waals surface area contributed by atoms with E-state index >= 15 is 0 Å². The number of aryl methyl sites for hydroxylation is 1. The lowest BCUT2D eigenvalue weighted by atomic mass is 9.98. The second-order valence-electron chi connectivity index (χ2n) is 6.30. The molecule has 0 bridgehead atoms. The minimum absolute atomic E-state index is 0.526. The maximum atomic E-state index is 2.60. The third-order valence-electron chi connectivity index (χ3n) is 4.77. The topological polar surface area (TPSA) is 3.24 Å². The van der Waals surface area contributed by atoms with Gasteiger partial charge in [0.25, 0.3) is 0 Å². The lowest BCUT2D eigenvalue weighted by Crippen LogP contribution is -2.33. The van der Waals surface area contributed by atoms with E-state index in [9.17, 15) is 0 Å². The molecule has 0 aliphatic carbocycles. The van der Waals surface area contributed by atoms with Crippen molar-refractivity contribution in [1.29, 1.82) is 0 Å². The molecule has 0 fully saturated rings. The van der Waals surface area contributed by atoms with Gasteiger partial charge in [-0.25, -0.2) is 0 Å². The average Bonchev–Trinajstić information content (AvgIpc) is 2.48. The van der Waals surface area contributed by atoms with Crippen molar-refractivity contribution in [3.8, 4) is 0 Å². The van der Waals surface area contributed by atoms with Crippen LogP contribution in [0.2, 0.25) is 0 Å². The molecule has 0 radical (unpaired) electrons. The first-order valence-electron chi connectivity index (χ1n) is 8.10. The van der Waals surface area contributed by atoms with Crippen molar-refractivity contribution in [3.05, 3.63) is 46.5 Å². The van der Waals surface area contributed by atoms with Crippen LogP contribution in [-0.4, -0.2) is 18.0 Å². The first kappa shape index (κ1) is 15.3. The monoisotopic (exact) mass is 271 g/mol. The summed E-state index contributed by atoms with van der Waals surface area (Å²) in [6.07, 6.45) is 5.02. The summed E-state index contributed by atoms with van der Waals surface area (Å²) in [7, 11) is 0. The number of benzene rings is 1. The van der Waals surface area contributed by atoms with Crippen LogP contribution in [0.1, 0.15) is 64.1 Å². The molecule has 1 aromatic rings. The predicted molar refractivity (Wildman–Crippen MR) is 88.0 cm³/mol. The van der Waals surface area contributed by atoms with E-state index < -0.39 is 0 Å². The summed E-state index contributed by atoms with van der Waals surface area (Å²) in [6, 6.07) is 9.82. The summed E-state index contributed by atoms with van der Waals surface area (Å²) in [6.45, 7) is 11.5. The standard InChI is InChI=1S/C19H29N/c1-5-6-7-18-8-10-19(11-9-18)17(4)20-13-12-15(2)16(3)14-20/h8-11,17H,5-7,12-14H2,1-4H3.